The van der Waals surface area contributed by atoms with E-state index in [0.29, 0.717) is 17.5 Å². The van der Waals surface area contributed by atoms with Gasteiger partial charge in [-0.1, -0.05) is 11.6 Å². The van der Waals surface area contributed by atoms with Crippen LogP contribution < -0.4 is 10.6 Å². The largest absolute Gasteiger partial charge is 0.370 e. The Morgan fingerprint density at radius 3 is 2.80 bits per heavy atom. The van der Waals surface area contributed by atoms with E-state index in [2.05, 4.69) is 9.97 Å². The highest BCUT2D eigenvalue weighted by Crippen LogP contribution is 2.24. The van der Waals surface area contributed by atoms with Gasteiger partial charge in [-0.3, -0.25) is 4.79 Å². The summed E-state index contributed by atoms with van der Waals surface area (Å²) in [6, 6.07) is 0. The lowest BCUT2D eigenvalue weighted by Crippen LogP contribution is -2.48. The molecular weight excluding hydrogens is 216 g/mol. The molecule has 1 fully saturated rings. The van der Waals surface area contributed by atoms with Crippen molar-refractivity contribution >= 4 is 23.3 Å². The number of anilines is 1. The first kappa shape index (κ1) is 10.2. The van der Waals surface area contributed by atoms with Crippen LogP contribution in [0, 0.1) is 5.92 Å². The van der Waals surface area contributed by atoms with Crippen LogP contribution in [-0.4, -0.2) is 29.0 Å². The van der Waals surface area contributed by atoms with Crippen molar-refractivity contribution in [3.8, 4) is 0 Å². The van der Waals surface area contributed by atoms with Crippen LogP contribution in [0.25, 0.3) is 0 Å². The van der Waals surface area contributed by atoms with Crippen molar-refractivity contribution in [1.82, 2.24) is 9.97 Å². The number of rotatable bonds is 3. The minimum atomic E-state index is -0.248. The monoisotopic (exact) mass is 226 g/mol. The predicted molar refractivity (Wildman–Crippen MR) is 56.6 cm³/mol. The molecule has 1 aliphatic heterocycles. The number of halogens is 1. The summed E-state index contributed by atoms with van der Waals surface area (Å²) in [4.78, 5) is 20.8. The molecule has 0 aromatic carbocycles. The molecule has 1 saturated heterocycles. The summed E-state index contributed by atoms with van der Waals surface area (Å²) < 4.78 is 0. The highest BCUT2D eigenvalue weighted by molar-refractivity contribution is 6.29. The molecule has 15 heavy (non-hydrogen) atoms. The number of nitrogens with zero attached hydrogens (tertiary/aromatic N) is 3. The number of hydrogen-bond acceptors (Lipinski definition) is 4. The minimum Gasteiger partial charge on any atom is -0.370 e. The maximum absolute atomic E-state index is 10.6. The van der Waals surface area contributed by atoms with Gasteiger partial charge >= 0.3 is 0 Å². The second kappa shape index (κ2) is 4.02. The third kappa shape index (κ3) is 2.36. The van der Waals surface area contributed by atoms with Gasteiger partial charge in [0.2, 0.25) is 5.91 Å². The summed E-state index contributed by atoms with van der Waals surface area (Å²) >= 11 is 5.62. The molecule has 2 heterocycles. The Bertz CT molecular complexity index is 361. The fourth-order valence-electron chi connectivity index (χ4n) is 1.64. The molecule has 0 bridgehead atoms. The zero-order chi connectivity index (χ0) is 10.8. The fraction of sp³-hybridized carbons (Fsp3) is 0.444. The molecule has 0 aliphatic carbocycles. The van der Waals surface area contributed by atoms with Gasteiger partial charge in [-0.15, -0.1) is 0 Å². The summed E-state index contributed by atoms with van der Waals surface area (Å²) in [6.07, 6.45) is 3.58. The molecule has 80 valence electrons. The second-order valence-corrected chi connectivity index (χ2v) is 4.03. The molecule has 2 rings (SSSR count). The summed E-state index contributed by atoms with van der Waals surface area (Å²) in [5, 5.41) is 0.382. The van der Waals surface area contributed by atoms with Gasteiger partial charge in [0.05, 0.1) is 12.4 Å². The number of hydrogen-bond donors (Lipinski definition) is 1. The van der Waals surface area contributed by atoms with Gasteiger partial charge in [0.1, 0.15) is 11.0 Å². The van der Waals surface area contributed by atoms with Crippen molar-refractivity contribution in [2.45, 2.75) is 6.42 Å². The first-order valence-corrected chi connectivity index (χ1v) is 5.04. The van der Waals surface area contributed by atoms with Crippen LogP contribution in [0.2, 0.25) is 5.15 Å². The summed E-state index contributed by atoms with van der Waals surface area (Å²) in [5.41, 5.74) is 5.10. The molecule has 0 unspecified atom stereocenters. The van der Waals surface area contributed by atoms with Gasteiger partial charge < -0.3 is 10.6 Å². The summed E-state index contributed by atoms with van der Waals surface area (Å²) in [5.74, 6) is 0.891. The highest BCUT2D eigenvalue weighted by atomic mass is 35.5. The van der Waals surface area contributed by atoms with Crippen LogP contribution in [0.5, 0.6) is 0 Å². The van der Waals surface area contributed by atoms with E-state index in [0.717, 1.165) is 18.9 Å². The molecule has 1 aromatic heterocycles. The molecule has 5 nitrogen and oxygen atoms in total. The molecule has 1 aliphatic rings. The first-order chi connectivity index (χ1) is 7.15. The zero-order valence-electron chi connectivity index (χ0n) is 8.06. The zero-order valence-corrected chi connectivity index (χ0v) is 8.81. The van der Waals surface area contributed by atoms with Crippen LogP contribution >= 0.6 is 11.6 Å². The normalized spacial score (nSPS) is 16.2. The SMILES string of the molecule is NC(=O)CC1CN(c2cnc(Cl)cn2)C1. The average Bonchev–Trinajstić information content (AvgIpc) is 2.12. The lowest BCUT2D eigenvalue weighted by Gasteiger charge is -2.39. The molecule has 1 aromatic rings. The maximum Gasteiger partial charge on any atom is 0.217 e. The summed E-state index contributed by atoms with van der Waals surface area (Å²) in [7, 11) is 0. The number of carbonyl (C=O) groups excluding carboxylic acids is 1. The quantitative estimate of drug-likeness (QED) is 0.812. The Morgan fingerprint density at radius 1 is 1.53 bits per heavy atom. The van der Waals surface area contributed by atoms with E-state index < -0.39 is 0 Å². The smallest absolute Gasteiger partial charge is 0.217 e. The van der Waals surface area contributed by atoms with Crippen molar-refractivity contribution in [2.24, 2.45) is 11.7 Å². The van der Waals surface area contributed by atoms with Gasteiger partial charge in [-0.25, -0.2) is 9.97 Å². The van der Waals surface area contributed by atoms with Gasteiger partial charge in [-0.05, 0) is 0 Å². The van der Waals surface area contributed by atoms with E-state index in [1.54, 1.807) is 6.20 Å². The third-order valence-electron chi connectivity index (χ3n) is 2.38. The van der Waals surface area contributed by atoms with Crippen LogP contribution in [0.3, 0.4) is 0 Å². The number of amides is 1. The molecule has 0 spiro atoms. The number of nitrogens with two attached hydrogens (primary N) is 1. The lowest BCUT2D eigenvalue weighted by molar-refractivity contribution is -0.119. The number of primary amides is 1. The van der Waals surface area contributed by atoms with E-state index in [1.165, 1.54) is 6.20 Å². The second-order valence-electron chi connectivity index (χ2n) is 3.64. The van der Waals surface area contributed by atoms with Crippen LogP contribution in [0.15, 0.2) is 12.4 Å². The van der Waals surface area contributed by atoms with Crippen molar-refractivity contribution in [1.29, 1.82) is 0 Å². The number of carbonyl (C=O) groups is 1. The van der Waals surface area contributed by atoms with Gasteiger partial charge in [0.15, 0.2) is 0 Å². The van der Waals surface area contributed by atoms with Crippen LogP contribution in [-0.2, 0) is 4.79 Å². The molecule has 6 heteroatoms. The first-order valence-electron chi connectivity index (χ1n) is 4.66. The van der Waals surface area contributed by atoms with Crippen molar-refractivity contribution in [3.63, 3.8) is 0 Å². The van der Waals surface area contributed by atoms with Crippen molar-refractivity contribution < 1.29 is 4.79 Å². The lowest BCUT2D eigenvalue weighted by atomic mass is 9.96. The van der Waals surface area contributed by atoms with Gasteiger partial charge in [0, 0.05) is 25.4 Å². The highest BCUT2D eigenvalue weighted by Gasteiger charge is 2.28. The minimum absolute atomic E-state index is 0.248. The van der Waals surface area contributed by atoms with Crippen LogP contribution in [0.4, 0.5) is 5.82 Å². The Hall–Kier alpha value is -1.36. The topological polar surface area (TPSA) is 72.1 Å². The molecule has 1 amide bonds. The van der Waals surface area contributed by atoms with E-state index in [4.69, 9.17) is 17.3 Å². The Labute approximate surface area is 92.3 Å². The molecule has 2 N–H and O–H groups in total. The third-order valence-corrected chi connectivity index (χ3v) is 2.57. The van der Waals surface area contributed by atoms with Crippen LogP contribution in [0.1, 0.15) is 6.42 Å². The van der Waals surface area contributed by atoms with Crippen molar-refractivity contribution in [3.05, 3.63) is 17.5 Å². The average molecular weight is 227 g/mol. The Balaban J connectivity index is 1.89. The van der Waals surface area contributed by atoms with Crippen molar-refractivity contribution in [2.75, 3.05) is 18.0 Å². The fourth-order valence-corrected chi connectivity index (χ4v) is 1.74. The predicted octanol–water partition coefficient (Wildman–Crippen LogP) is 0.442. The molecule has 0 atom stereocenters. The van der Waals surface area contributed by atoms with E-state index in [1.807, 2.05) is 4.90 Å². The summed E-state index contributed by atoms with van der Waals surface area (Å²) in [6.45, 7) is 1.61. The van der Waals surface area contributed by atoms with E-state index in [9.17, 15) is 4.79 Å². The van der Waals surface area contributed by atoms with Gasteiger partial charge in [-0.2, -0.15) is 0 Å². The molecular formula is C9H11ClN4O. The van der Waals surface area contributed by atoms with E-state index in [-0.39, 0.29) is 5.91 Å². The van der Waals surface area contributed by atoms with E-state index >= 15 is 0 Å². The Kier molecular flexibility index (Phi) is 2.73. The Morgan fingerprint density at radius 2 is 2.27 bits per heavy atom. The standard InChI is InChI=1S/C9H11ClN4O/c10-7-2-13-9(3-12-7)14-4-6(5-14)1-8(11)15/h2-3,6H,1,4-5H2,(H2,11,15). The molecule has 0 radical (unpaired) electrons. The molecule has 0 saturated carbocycles. The maximum atomic E-state index is 10.6. The van der Waals surface area contributed by atoms with Gasteiger partial charge in [0.25, 0.3) is 0 Å². The number of aromatic nitrogens is 2.